The van der Waals surface area contributed by atoms with E-state index in [9.17, 15) is 4.79 Å². The van der Waals surface area contributed by atoms with Gasteiger partial charge in [-0.15, -0.1) is 0 Å². The van der Waals surface area contributed by atoms with Crippen LogP contribution in [0.15, 0.2) is 18.2 Å². The number of rotatable bonds is 2. The highest BCUT2D eigenvalue weighted by molar-refractivity contribution is 6.04. The first-order chi connectivity index (χ1) is 12.7. The number of benzene rings is 1. The molecule has 1 aromatic carbocycles. The molecule has 1 aliphatic carbocycles. The monoisotopic (exact) mass is 350 g/mol. The van der Waals surface area contributed by atoms with Crippen molar-refractivity contribution in [3.63, 3.8) is 0 Å². The molecule has 3 nitrogen and oxygen atoms in total. The van der Waals surface area contributed by atoms with Crippen molar-refractivity contribution < 1.29 is 4.79 Å². The van der Waals surface area contributed by atoms with Crippen LogP contribution in [0.25, 0.3) is 10.9 Å². The zero-order chi connectivity index (χ0) is 17.7. The largest absolute Gasteiger partial charge is 0.338 e. The summed E-state index contributed by atoms with van der Waals surface area (Å²) >= 11 is 0. The zero-order valence-corrected chi connectivity index (χ0v) is 16.0. The predicted molar refractivity (Wildman–Crippen MR) is 106 cm³/mol. The summed E-state index contributed by atoms with van der Waals surface area (Å²) < 4.78 is 2.42. The van der Waals surface area contributed by atoms with Crippen LogP contribution in [-0.2, 0) is 13.0 Å². The molecule has 2 aliphatic heterocycles. The lowest BCUT2D eigenvalue weighted by molar-refractivity contribution is 0.0519. The van der Waals surface area contributed by atoms with Crippen LogP contribution in [-0.4, -0.2) is 34.4 Å². The minimum Gasteiger partial charge on any atom is -0.338 e. The van der Waals surface area contributed by atoms with E-state index in [1.807, 2.05) is 0 Å². The Bertz CT molecular complexity index is 848. The highest BCUT2D eigenvalue weighted by Gasteiger charge is 2.35. The van der Waals surface area contributed by atoms with Crippen LogP contribution in [0, 0.1) is 12.8 Å². The van der Waals surface area contributed by atoms with Gasteiger partial charge in [0.1, 0.15) is 0 Å². The smallest absolute Gasteiger partial charge is 0.179 e. The van der Waals surface area contributed by atoms with Gasteiger partial charge in [-0.1, -0.05) is 18.1 Å². The number of ketones is 1. The molecule has 2 atom stereocenters. The van der Waals surface area contributed by atoms with Crippen LogP contribution in [0.4, 0.5) is 0 Å². The highest BCUT2D eigenvalue weighted by Crippen LogP contribution is 2.37. The number of hydrogen-bond acceptors (Lipinski definition) is 2. The third-order valence-electron chi connectivity index (χ3n) is 7.06. The lowest BCUT2D eigenvalue weighted by Gasteiger charge is -2.44. The fraction of sp³-hybridized carbons (Fsp3) is 0.609. The average Bonchev–Trinajstić information content (AvgIpc) is 2.96. The van der Waals surface area contributed by atoms with Crippen LogP contribution < -0.4 is 0 Å². The van der Waals surface area contributed by atoms with Gasteiger partial charge in [0, 0.05) is 29.9 Å². The molecule has 0 spiro atoms. The standard InChI is InChI=1S/C23H30N2O/c1-16-10-11-21-19(14-16)18-7-4-9-22(26)23(18)25(21)15-17-6-5-13-24-12-3-2-8-20(17)24/h10-11,14,17,20H,2-9,12-13,15H2,1H3. The second-order valence-corrected chi connectivity index (χ2v) is 8.74. The highest BCUT2D eigenvalue weighted by atomic mass is 16.1. The van der Waals surface area contributed by atoms with Crippen LogP contribution >= 0.6 is 0 Å². The number of fused-ring (bicyclic) bond motifs is 4. The molecule has 2 unspecified atom stereocenters. The third-order valence-corrected chi connectivity index (χ3v) is 7.06. The molecule has 3 aliphatic rings. The van der Waals surface area contributed by atoms with Crippen molar-refractivity contribution >= 4 is 16.7 Å². The van der Waals surface area contributed by atoms with E-state index in [4.69, 9.17) is 0 Å². The van der Waals surface area contributed by atoms with E-state index in [1.54, 1.807) is 0 Å². The van der Waals surface area contributed by atoms with Crippen LogP contribution in [0.2, 0.25) is 0 Å². The van der Waals surface area contributed by atoms with Gasteiger partial charge in [-0.3, -0.25) is 4.79 Å². The maximum atomic E-state index is 12.9. The Labute approximate surface area is 156 Å². The lowest BCUT2D eigenvalue weighted by Crippen LogP contribution is -2.49. The number of Topliss-reactive ketones (excluding diaryl/α,β-unsaturated/α-hetero) is 1. The van der Waals surface area contributed by atoms with Gasteiger partial charge in [-0.25, -0.2) is 0 Å². The summed E-state index contributed by atoms with van der Waals surface area (Å²) in [6, 6.07) is 7.51. The van der Waals surface area contributed by atoms with Gasteiger partial charge in [0.15, 0.2) is 5.78 Å². The fourth-order valence-electron chi connectivity index (χ4n) is 5.87. The molecule has 2 fully saturated rings. The first kappa shape index (κ1) is 16.6. The minimum absolute atomic E-state index is 0.372. The third kappa shape index (κ3) is 2.63. The Morgan fingerprint density at radius 1 is 1.04 bits per heavy atom. The van der Waals surface area contributed by atoms with Gasteiger partial charge in [0.2, 0.25) is 0 Å². The van der Waals surface area contributed by atoms with E-state index in [0.717, 1.165) is 37.5 Å². The summed E-state index contributed by atoms with van der Waals surface area (Å²) in [5.41, 5.74) is 4.97. The summed E-state index contributed by atoms with van der Waals surface area (Å²) in [5, 5.41) is 1.34. The molecule has 3 heteroatoms. The number of piperidine rings is 2. The molecule has 0 N–H and O–H groups in total. The molecular formula is C23H30N2O. The lowest BCUT2D eigenvalue weighted by atomic mass is 9.83. The molecule has 0 bridgehead atoms. The van der Waals surface area contributed by atoms with Gasteiger partial charge in [-0.2, -0.15) is 0 Å². The van der Waals surface area contributed by atoms with Crippen molar-refractivity contribution in [2.75, 3.05) is 13.1 Å². The van der Waals surface area contributed by atoms with Crippen LogP contribution in [0.5, 0.6) is 0 Å². The predicted octanol–water partition coefficient (Wildman–Crippen LogP) is 4.73. The second kappa shape index (κ2) is 6.53. The molecule has 2 saturated heterocycles. The summed E-state index contributed by atoms with van der Waals surface area (Å²) in [5.74, 6) is 1.07. The molecule has 1 aromatic heterocycles. The maximum absolute atomic E-state index is 12.9. The Balaban J connectivity index is 1.58. The number of aryl methyl sites for hydroxylation is 2. The Hall–Kier alpha value is -1.61. The average molecular weight is 351 g/mol. The first-order valence-corrected chi connectivity index (χ1v) is 10.6. The molecular weight excluding hydrogens is 320 g/mol. The molecule has 0 amide bonds. The van der Waals surface area contributed by atoms with E-state index in [1.165, 1.54) is 67.2 Å². The Morgan fingerprint density at radius 3 is 2.85 bits per heavy atom. The molecule has 2 aromatic rings. The van der Waals surface area contributed by atoms with Gasteiger partial charge in [0.25, 0.3) is 0 Å². The van der Waals surface area contributed by atoms with Crippen molar-refractivity contribution in [3.05, 3.63) is 35.0 Å². The van der Waals surface area contributed by atoms with Crippen LogP contribution in [0.3, 0.4) is 0 Å². The second-order valence-electron chi connectivity index (χ2n) is 8.74. The first-order valence-electron chi connectivity index (χ1n) is 10.6. The van der Waals surface area contributed by atoms with Gasteiger partial charge in [0.05, 0.1) is 5.69 Å². The quantitative estimate of drug-likeness (QED) is 0.782. The normalized spacial score (nSPS) is 26.7. The maximum Gasteiger partial charge on any atom is 0.179 e. The van der Waals surface area contributed by atoms with Gasteiger partial charge < -0.3 is 9.47 Å². The summed E-state index contributed by atoms with van der Waals surface area (Å²) in [7, 11) is 0. The van der Waals surface area contributed by atoms with Crippen molar-refractivity contribution in [1.29, 1.82) is 0 Å². The Morgan fingerprint density at radius 2 is 1.92 bits per heavy atom. The SMILES string of the molecule is Cc1ccc2c(c1)c1c(n2CC2CCCN3CCCCC23)C(=O)CCC1. The van der Waals surface area contributed by atoms with E-state index in [-0.39, 0.29) is 0 Å². The topological polar surface area (TPSA) is 25.2 Å². The van der Waals surface area contributed by atoms with E-state index < -0.39 is 0 Å². The molecule has 5 rings (SSSR count). The molecule has 0 saturated carbocycles. The molecule has 3 heterocycles. The van der Waals surface area contributed by atoms with Crippen molar-refractivity contribution in [1.82, 2.24) is 9.47 Å². The Kier molecular flexibility index (Phi) is 4.16. The molecule has 138 valence electrons. The van der Waals surface area contributed by atoms with Crippen molar-refractivity contribution in [3.8, 4) is 0 Å². The number of nitrogens with zero attached hydrogens (tertiary/aromatic N) is 2. The van der Waals surface area contributed by atoms with E-state index in [2.05, 4.69) is 34.6 Å². The van der Waals surface area contributed by atoms with Gasteiger partial charge in [-0.05, 0) is 82.2 Å². The molecule has 0 radical (unpaired) electrons. The van der Waals surface area contributed by atoms with Crippen LogP contribution in [0.1, 0.15) is 66.6 Å². The summed E-state index contributed by atoms with van der Waals surface area (Å²) in [6.07, 6.45) is 9.52. The summed E-state index contributed by atoms with van der Waals surface area (Å²) in [6.45, 7) is 5.75. The zero-order valence-electron chi connectivity index (χ0n) is 16.0. The minimum atomic E-state index is 0.372. The number of carbonyl (C=O) groups excluding carboxylic acids is 1. The number of carbonyl (C=O) groups is 1. The number of aromatic nitrogens is 1. The van der Waals surface area contributed by atoms with Crippen molar-refractivity contribution in [2.45, 2.75) is 70.9 Å². The fourth-order valence-corrected chi connectivity index (χ4v) is 5.87. The van der Waals surface area contributed by atoms with Gasteiger partial charge >= 0.3 is 0 Å². The van der Waals surface area contributed by atoms with E-state index >= 15 is 0 Å². The van der Waals surface area contributed by atoms with E-state index in [0.29, 0.717) is 11.7 Å². The molecule has 26 heavy (non-hydrogen) atoms. The van der Waals surface area contributed by atoms with Crippen molar-refractivity contribution in [2.24, 2.45) is 5.92 Å². The summed E-state index contributed by atoms with van der Waals surface area (Å²) in [4.78, 5) is 15.6. The number of hydrogen-bond donors (Lipinski definition) is 0.